The van der Waals surface area contributed by atoms with E-state index in [0.717, 1.165) is 0 Å². The van der Waals surface area contributed by atoms with Crippen molar-refractivity contribution >= 4 is 17.4 Å². The number of nitrogens with zero attached hydrogens (tertiary/aromatic N) is 3. The Kier molecular flexibility index (Phi) is 3.35. The van der Waals surface area contributed by atoms with Crippen LogP contribution in [0.3, 0.4) is 0 Å². The Balaban J connectivity index is 2.10. The molecule has 17 heavy (non-hydrogen) atoms. The quantitative estimate of drug-likeness (QED) is 0.616. The van der Waals surface area contributed by atoms with Crippen molar-refractivity contribution in [2.45, 2.75) is 6.54 Å². The summed E-state index contributed by atoms with van der Waals surface area (Å²) in [5.41, 5.74) is 1.03. The summed E-state index contributed by atoms with van der Waals surface area (Å²) in [4.78, 5) is 15.8. The zero-order chi connectivity index (χ0) is 12.3. The number of hydrogen-bond donors (Lipinski definition) is 0. The Hall–Kier alpha value is -1.94. The smallest absolute Gasteiger partial charge is 0.190 e. The van der Waals surface area contributed by atoms with Crippen LogP contribution in [0.4, 0.5) is 0 Å². The number of rotatable bonds is 4. The van der Waals surface area contributed by atoms with Crippen molar-refractivity contribution < 1.29 is 4.79 Å². The maximum absolute atomic E-state index is 12.0. The normalized spacial score (nSPS) is 10.2. The van der Waals surface area contributed by atoms with Crippen molar-refractivity contribution in [3.05, 3.63) is 59.7 Å². The van der Waals surface area contributed by atoms with Crippen LogP contribution in [0.25, 0.3) is 0 Å². The number of Topliss-reactive ketones (excluding diaryl/α,β-unsaturated/α-hetero) is 1. The molecule has 1 heterocycles. The molecule has 0 spiro atoms. The van der Waals surface area contributed by atoms with Gasteiger partial charge in [-0.2, -0.15) is 5.10 Å². The fraction of sp³-hybridized carbons (Fsp3) is 0.0833. The molecule has 0 atom stereocenters. The zero-order valence-corrected chi connectivity index (χ0v) is 9.76. The van der Waals surface area contributed by atoms with Gasteiger partial charge < -0.3 is 0 Å². The second-order valence-corrected chi connectivity index (χ2v) is 3.97. The molecule has 0 saturated carbocycles. The minimum Gasteiger partial charge on any atom is -0.289 e. The van der Waals surface area contributed by atoms with E-state index in [9.17, 15) is 4.79 Å². The van der Waals surface area contributed by atoms with Crippen molar-refractivity contribution in [2.24, 2.45) is 0 Å². The van der Waals surface area contributed by atoms with E-state index in [4.69, 9.17) is 11.6 Å². The lowest BCUT2D eigenvalue weighted by molar-refractivity contribution is 0.102. The number of carbonyl (C=O) groups excluding carboxylic acids is 1. The number of hydrogen-bond acceptors (Lipinski definition) is 3. The van der Waals surface area contributed by atoms with Gasteiger partial charge in [0.25, 0.3) is 0 Å². The Morgan fingerprint density at radius 1 is 1.35 bits per heavy atom. The number of benzene rings is 1. The van der Waals surface area contributed by atoms with E-state index in [1.54, 1.807) is 35.3 Å². The van der Waals surface area contributed by atoms with E-state index in [1.165, 1.54) is 6.33 Å². The topological polar surface area (TPSA) is 47.8 Å². The summed E-state index contributed by atoms with van der Waals surface area (Å²) < 4.78 is 1.55. The van der Waals surface area contributed by atoms with E-state index in [1.807, 2.05) is 0 Å². The molecule has 0 aliphatic rings. The highest BCUT2D eigenvalue weighted by Crippen LogP contribution is 2.13. The SMILES string of the molecule is C=C(Cn1cncn1)C(=O)c1ccc(Cl)cc1. The molecule has 0 unspecified atom stereocenters. The fourth-order valence-electron chi connectivity index (χ4n) is 1.39. The van der Waals surface area contributed by atoms with Crippen molar-refractivity contribution in [1.82, 2.24) is 14.8 Å². The second-order valence-electron chi connectivity index (χ2n) is 3.53. The van der Waals surface area contributed by atoms with Gasteiger partial charge in [0.15, 0.2) is 5.78 Å². The zero-order valence-electron chi connectivity index (χ0n) is 9.01. The molecule has 5 heteroatoms. The van der Waals surface area contributed by atoms with Gasteiger partial charge in [-0.05, 0) is 24.3 Å². The number of carbonyl (C=O) groups is 1. The van der Waals surface area contributed by atoms with Gasteiger partial charge in [0, 0.05) is 16.2 Å². The maximum atomic E-state index is 12.0. The van der Waals surface area contributed by atoms with E-state index in [2.05, 4.69) is 16.7 Å². The number of ketones is 1. The van der Waals surface area contributed by atoms with Gasteiger partial charge in [0.1, 0.15) is 12.7 Å². The molecule has 86 valence electrons. The van der Waals surface area contributed by atoms with Crippen LogP contribution in [0.15, 0.2) is 49.1 Å². The highest BCUT2D eigenvalue weighted by Gasteiger charge is 2.10. The molecule has 2 aromatic rings. The van der Waals surface area contributed by atoms with E-state index in [-0.39, 0.29) is 5.78 Å². The molecule has 2 rings (SSSR count). The highest BCUT2D eigenvalue weighted by molar-refractivity contribution is 6.30. The average Bonchev–Trinajstić information content (AvgIpc) is 2.82. The van der Waals surface area contributed by atoms with Crippen LogP contribution in [-0.4, -0.2) is 20.5 Å². The van der Waals surface area contributed by atoms with Gasteiger partial charge in [0.05, 0.1) is 6.54 Å². The first-order valence-corrected chi connectivity index (χ1v) is 5.35. The van der Waals surface area contributed by atoms with E-state index < -0.39 is 0 Å². The molecule has 1 aromatic heterocycles. The van der Waals surface area contributed by atoms with Crippen molar-refractivity contribution in [1.29, 1.82) is 0 Å². The summed E-state index contributed by atoms with van der Waals surface area (Å²) in [6, 6.07) is 6.71. The molecule has 0 fully saturated rings. The molecule has 4 nitrogen and oxygen atoms in total. The van der Waals surface area contributed by atoms with Crippen molar-refractivity contribution in [2.75, 3.05) is 0 Å². The van der Waals surface area contributed by atoms with Gasteiger partial charge >= 0.3 is 0 Å². The molecule has 0 aliphatic carbocycles. The predicted octanol–water partition coefficient (Wildman–Crippen LogP) is 2.37. The lowest BCUT2D eigenvalue weighted by Gasteiger charge is -2.04. The number of allylic oxidation sites excluding steroid dienone is 1. The lowest BCUT2D eigenvalue weighted by Crippen LogP contribution is -2.09. The van der Waals surface area contributed by atoms with Crippen LogP contribution in [-0.2, 0) is 6.54 Å². The van der Waals surface area contributed by atoms with Crippen LogP contribution >= 0.6 is 11.6 Å². The first-order valence-electron chi connectivity index (χ1n) is 4.97. The van der Waals surface area contributed by atoms with Gasteiger partial charge in [-0.25, -0.2) is 9.67 Å². The monoisotopic (exact) mass is 247 g/mol. The Morgan fingerprint density at radius 2 is 2.06 bits per heavy atom. The Morgan fingerprint density at radius 3 is 2.65 bits per heavy atom. The Labute approximate surface area is 104 Å². The second kappa shape index (κ2) is 4.93. The molecule has 0 bridgehead atoms. The molecule has 0 radical (unpaired) electrons. The summed E-state index contributed by atoms with van der Waals surface area (Å²) in [5, 5.41) is 4.52. The first-order chi connectivity index (χ1) is 8.16. The molecule has 0 aliphatic heterocycles. The van der Waals surface area contributed by atoms with Crippen LogP contribution in [0.2, 0.25) is 5.02 Å². The van der Waals surface area contributed by atoms with Gasteiger partial charge in [-0.1, -0.05) is 18.2 Å². The summed E-state index contributed by atoms with van der Waals surface area (Å²) in [6.07, 6.45) is 2.96. The van der Waals surface area contributed by atoms with Gasteiger partial charge in [-0.15, -0.1) is 0 Å². The predicted molar refractivity (Wildman–Crippen MR) is 64.9 cm³/mol. The van der Waals surface area contributed by atoms with Gasteiger partial charge in [-0.3, -0.25) is 4.79 Å². The summed E-state index contributed by atoms with van der Waals surface area (Å²) in [6.45, 7) is 4.09. The number of aromatic nitrogens is 3. The molecule has 0 amide bonds. The third kappa shape index (κ3) is 2.79. The molecular weight excluding hydrogens is 238 g/mol. The first kappa shape index (κ1) is 11.5. The van der Waals surface area contributed by atoms with Crippen LogP contribution in [0, 0.1) is 0 Å². The molecule has 0 saturated heterocycles. The lowest BCUT2D eigenvalue weighted by atomic mass is 10.1. The standard InChI is InChI=1S/C12H10ClN3O/c1-9(6-16-8-14-7-15-16)12(17)10-2-4-11(13)5-3-10/h2-5,7-8H,1,6H2. The summed E-state index contributed by atoms with van der Waals surface area (Å²) in [5.74, 6) is -0.114. The summed E-state index contributed by atoms with van der Waals surface area (Å²) >= 11 is 5.75. The third-order valence-corrected chi connectivity index (χ3v) is 2.50. The molecule has 0 N–H and O–H groups in total. The van der Waals surface area contributed by atoms with Crippen LogP contribution < -0.4 is 0 Å². The van der Waals surface area contributed by atoms with Crippen LogP contribution in [0.1, 0.15) is 10.4 Å². The minimum atomic E-state index is -0.114. The third-order valence-electron chi connectivity index (χ3n) is 2.25. The van der Waals surface area contributed by atoms with Crippen molar-refractivity contribution in [3.8, 4) is 0 Å². The fourth-order valence-corrected chi connectivity index (χ4v) is 1.51. The number of halogens is 1. The van der Waals surface area contributed by atoms with Gasteiger partial charge in [0.2, 0.25) is 0 Å². The molecule has 1 aromatic carbocycles. The minimum absolute atomic E-state index is 0.114. The highest BCUT2D eigenvalue weighted by atomic mass is 35.5. The van der Waals surface area contributed by atoms with E-state index >= 15 is 0 Å². The molecular formula is C12H10ClN3O. The largest absolute Gasteiger partial charge is 0.289 e. The Bertz CT molecular complexity index is 531. The average molecular weight is 248 g/mol. The van der Waals surface area contributed by atoms with Crippen molar-refractivity contribution in [3.63, 3.8) is 0 Å². The van der Waals surface area contributed by atoms with E-state index in [0.29, 0.717) is 22.7 Å². The summed E-state index contributed by atoms with van der Waals surface area (Å²) in [7, 11) is 0. The maximum Gasteiger partial charge on any atom is 0.190 e. The van der Waals surface area contributed by atoms with Crippen LogP contribution in [0.5, 0.6) is 0 Å².